The topological polar surface area (TPSA) is 68.1 Å². The molecule has 0 aromatic carbocycles. The monoisotopic (exact) mass is 322 g/mol. The Hall–Kier alpha value is -1.47. The van der Waals surface area contributed by atoms with E-state index in [1.807, 2.05) is 14.0 Å². The normalized spacial score (nSPS) is 21.1. The Morgan fingerprint density at radius 3 is 2.86 bits per heavy atom. The van der Waals surface area contributed by atoms with Crippen molar-refractivity contribution >= 4 is 21.1 Å². The van der Waals surface area contributed by atoms with Crippen LogP contribution in [0.15, 0.2) is 17.2 Å². The van der Waals surface area contributed by atoms with E-state index < -0.39 is 10.0 Å². The first-order chi connectivity index (χ1) is 10.4. The minimum absolute atomic E-state index is 0.269. The molecule has 1 fully saturated rings. The molecule has 1 atom stereocenters. The number of rotatable bonds is 2. The molecule has 1 saturated heterocycles. The van der Waals surface area contributed by atoms with E-state index in [1.54, 1.807) is 15.1 Å². The van der Waals surface area contributed by atoms with Crippen LogP contribution in [0.5, 0.6) is 0 Å². The molecule has 0 amide bonds. The third-order valence-corrected chi connectivity index (χ3v) is 6.18. The van der Waals surface area contributed by atoms with E-state index >= 15 is 0 Å². The van der Waals surface area contributed by atoms with Crippen LogP contribution in [0, 0.1) is 12.8 Å². The molecule has 2 aromatic rings. The highest BCUT2D eigenvalue weighted by Gasteiger charge is 2.28. The molecule has 0 radical (unpaired) electrons. The van der Waals surface area contributed by atoms with Crippen molar-refractivity contribution in [3.05, 3.63) is 18.0 Å². The van der Waals surface area contributed by atoms with Crippen molar-refractivity contribution in [1.29, 1.82) is 0 Å². The molecule has 3 rings (SSSR count). The third kappa shape index (κ3) is 2.63. The van der Waals surface area contributed by atoms with Gasteiger partial charge in [0.2, 0.25) is 10.0 Å². The molecule has 120 valence electrons. The highest BCUT2D eigenvalue weighted by Crippen LogP contribution is 2.25. The van der Waals surface area contributed by atoms with E-state index in [0.717, 1.165) is 30.3 Å². The Labute approximate surface area is 131 Å². The minimum Gasteiger partial charge on any atom is -0.250 e. The standard InChI is InChI=1S/C15H22N4O2S/c1-11-6-4-5-7-19(10-11)22(20,21)13-8-14-12(2)17-18(3)15(14)16-9-13/h8-9,11H,4-7,10H2,1-3H3. The van der Waals surface area contributed by atoms with E-state index in [1.165, 1.54) is 6.20 Å². The van der Waals surface area contributed by atoms with Crippen LogP contribution < -0.4 is 0 Å². The summed E-state index contributed by atoms with van der Waals surface area (Å²) < 4.78 is 29.1. The second kappa shape index (κ2) is 5.62. The predicted molar refractivity (Wildman–Crippen MR) is 85.0 cm³/mol. The highest BCUT2D eigenvalue weighted by atomic mass is 32.2. The van der Waals surface area contributed by atoms with Gasteiger partial charge in [0.25, 0.3) is 0 Å². The molecule has 2 aromatic heterocycles. The lowest BCUT2D eigenvalue weighted by molar-refractivity contribution is 0.380. The third-order valence-electron chi connectivity index (χ3n) is 4.35. The number of hydrogen-bond acceptors (Lipinski definition) is 4. The Morgan fingerprint density at radius 1 is 1.32 bits per heavy atom. The maximum atomic E-state index is 12.9. The summed E-state index contributed by atoms with van der Waals surface area (Å²) in [6.07, 6.45) is 4.55. The van der Waals surface area contributed by atoms with E-state index in [2.05, 4.69) is 17.0 Å². The number of nitrogens with zero attached hydrogens (tertiary/aromatic N) is 4. The number of hydrogen-bond donors (Lipinski definition) is 0. The Balaban J connectivity index is 2.03. The van der Waals surface area contributed by atoms with Crippen molar-refractivity contribution in [2.45, 2.75) is 38.0 Å². The van der Waals surface area contributed by atoms with Gasteiger partial charge in [0.05, 0.1) is 5.69 Å². The minimum atomic E-state index is -3.48. The van der Waals surface area contributed by atoms with Gasteiger partial charge in [0.15, 0.2) is 5.65 Å². The van der Waals surface area contributed by atoms with Gasteiger partial charge >= 0.3 is 0 Å². The summed E-state index contributed by atoms with van der Waals surface area (Å²) in [6.45, 7) is 5.16. The quantitative estimate of drug-likeness (QED) is 0.849. The predicted octanol–water partition coefficient (Wildman–Crippen LogP) is 2.09. The fourth-order valence-electron chi connectivity index (χ4n) is 3.11. The van der Waals surface area contributed by atoms with Gasteiger partial charge in [0.1, 0.15) is 4.90 Å². The molecular formula is C15H22N4O2S. The van der Waals surface area contributed by atoms with Gasteiger partial charge in [-0.2, -0.15) is 9.40 Å². The molecule has 3 heterocycles. The van der Waals surface area contributed by atoms with Crippen LogP contribution in [0.25, 0.3) is 11.0 Å². The maximum Gasteiger partial charge on any atom is 0.244 e. The summed E-state index contributed by atoms with van der Waals surface area (Å²) >= 11 is 0. The second-order valence-electron chi connectivity index (χ2n) is 6.22. The summed E-state index contributed by atoms with van der Waals surface area (Å²) in [5.41, 5.74) is 1.51. The summed E-state index contributed by atoms with van der Waals surface area (Å²) in [6, 6.07) is 1.70. The smallest absolute Gasteiger partial charge is 0.244 e. The zero-order chi connectivity index (χ0) is 15.9. The molecule has 0 bridgehead atoms. The second-order valence-corrected chi connectivity index (χ2v) is 8.15. The first-order valence-electron chi connectivity index (χ1n) is 7.69. The van der Waals surface area contributed by atoms with Crippen molar-refractivity contribution in [3.8, 4) is 0 Å². The number of fused-ring (bicyclic) bond motifs is 1. The molecule has 22 heavy (non-hydrogen) atoms. The summed E-state index contributed by atoms with van der Waals surface area (Å²) in [5.74, 6) is 0.397. The molecule has 7 heteroatoms. The SMILES string of the molecule is Cc1nn(C)c2ncc(S(=O)(=O)N3CCCCC(C)C3)cc12. The number of aryl methyl sites for hydroxylation is 2. The lowest BCUT2D eigenvalue weighted by Gasteiger charge is -2.22. The molecular weight excluding hydrogens is 300 g/mol. The van der Waals surface area contributed by atoms with Gasteiger partial charge in [-0.1, -0.05) is 13.3 Å². The van der Waals surface area contributed by atoms with Crippen LogP contribution in [0.1, 0.15) is 31.9 Å². The highest BCUT2D eigenvalue weighted by molar-refractivity contribution is 7.89. The molecule has 6 nitrogen and oxygen atoms in total. The van der Waals surface area contributed by atoms with Crippen LogP contribution in [0.4, 0.5) is 0 Å². The van der Waals surface area contributed by atoms with Crippen molar-refractivity contribution in [1.82, 2.24) is 19.1 Å². The average molecular weight is 322 g/mol. The van der Waals surface area contributed by atoms with Crippen LogP contribution in [-0.4, -0.2) is 40.6 Å². The Morgan fingerprint density at radius 2 is 2.09 bits per heavy atom. The molecule has 0 spiro atoms. The van der Waals surface area contributed by atoms with Crippen molar-refractivity contribution in [2.75, 3.05) is 13.1 Å². The van der Waals surface area contributed by atoms with Crippen LogP contribution in [0.3, 0.4) is 0 Å². The van der Waals surface area contributed by atoms with Crippen molar-refractivity contribution < 1.29 is 8.42 Å². The first kappa shape index (κ1) is 15.4. The zero-order valence-corrected chi connectivity index (χ0v) is 14.1. The number of sulfonamides is 1. The fraction of sp³-hybridized carbons (Fsp3) is 0.600. The molecule has 0 N–H and O–H groups in total. The van der Waals surface area contributed by atoms with E-state index in [9.17, 15) is 8.42 Å². The molecule has 1 aliphatic heterocycles. The number of aromatic nitrogens is 3. The van der Waals surface area contributed by atoms with Crippen LogP contribution in [0.2, 0.25) is 0 Å². The molecule has 0 aliphatic carbocycles. The summed E-state index contributed by atoms with van der Waals surface area (Å²) in [7, 11) is -1.67. The lowest BCUT2D eigenvalue weighted by atomic mass is 10.1. The van der Waals surface area contributed by atoms with Crippen molar-refractivity contribution in [2.24, 2.45) is 13.0 Å². The molecule has 1 unspecified atom stereocenters. The van der Waals surface area contributed by atoms with E-state index in [-0.39, 0.29) is 4.90 Å². The van der Waals surface area contributed by atoms with Gasteiger partial charge in [-0.3, -0.25) is 4.68 Å². The van der Waals surface area contributed by atoms with Gasteiger partial charge in [-0.05, 0) is 31.7 Å². The number of pyridine rings is 1. The average Bonchev–Trinajstić information content (AvgIpc) is 2.65. The molecule has 1 aliphatic rings. The Bertz CT molecular complexity index is 797. The van der Waals surface area contributed by atoms with Gasteiger partial charge < -0.3 is 0 Å². The van der Waals surface area contributed by atoms with E-state index in [0.29, 0.717) is 24.7 Å². The lowest BCUT2D eigenvalue weighted by Crippen LogP contribution is -2.34. The van der Waals surface area contributed by atoms with E-state index in [4.69, 9.17) is 0 Å². The van der Waals surface area contributed by atoms with Gasteiger partial charge in [-0.15, -0.1) is 0 Å². The summed E-state index contributed by atoms with van der Waals surface area (Å²) in [5, 5.41) is 5.10. The first-order valence-corrected chi connectivity index (χ1v) is 9.13. The largest absolute Gasteiger partial charge is 0.250 e. The van der Waals surface area contributed by atoms with Crippen LogP contribution in [-0.2, 0) is 17.1 Å². The Kier molecular flexibility index (Phi) is 3.94. The summed E-state index contributed by atoms with van der Waals surface area (Å²) in [4.78, 5) is 4.57. The van der Waals surface area contributed by atoms with Gasteiger partial charge in [-0.25, -0.2) is 13.4 Å². The molecule has 0 saturated carbocycles. The van der Waals surface area contributed by atoms with Gasteiger partial charge in [0, 0.05) is 31.7 Å². The van der Waals surface area contributed by atoms with Crippen LogP contribution >= 0.6 is 0 Å². The zero-order valence-electron chi connectivity index (χ0n) is 13.3. The van der Waals surface area contributed by atoms with Crippen molar-refractivity contribution in [3.63, 3.8) is 0 Å². The maximum absolute atomic E-state index is 12.9. The fourth-order valence-corrected chi connectivity index (χ4v) is 4.68.